The van der Waals surface area contributed by atoms with E-state index in [2.05, 4.69) is 38.2 Å². The second-order valence-corrected chi connectivity index (χ2v) is 16.5. The first-order chi connectivity index (χ1) is 24.1. The minimum Gasteiger partial charge on any atom is -0.457 e. The number of hydrogen-bond donors (Lipinski definition) is 1. The largest absolute Gasteiger partial charge is 0.472 e. The van der Waals surface area contributed by atoms with Gasteiger partial charge in [0.2, 0.25) is 0 Å². The molecule has 0 heterocycles. The summed E-state index contributed by atoms with van der Waals surface area (Å²) in [6.07, 6.45) is 37.7. The lowest BCUT2D eigenvalue weighted by Gasteiger charge is -2.24. The fourth-order valence-electron chi connectivity index (χ4n) is 5.49. The minimum absolute atomic E-state index is 0.0874. The molecule has 0 spiro atoms. The van der Waals surface area contributed by atoms with Gasteiger partial charge in [0.05, 0.1) is 34.4 Å². The minimum atomic E-state index is -4.27. The number of phosphoric acid groups is 1. The second-order valence-electron chi connectivity index (χ2n) is 15.0. The van der Waals surface area contributed by atoms with Crippen molar-refractivity contribution in [1.82, 2.24) is 0 Å². The molecule has 8 nitrogen and oxygen atoms in total. The highest BCUT2D eigenvalue weighted by atomic mass is 31.2. The molecule has 0 aromatic heterocycles. The fraction of sp³-hybridized carbons (Fsp3) is 0.878. The Bertz CT molecular complexity index is 858. The van der Waals surface area contributed by atoms with Gasteiger partial charge in [-0.15, -0.1) is 0 Å². The Morgan fingerprint density at radius 2 is 1.08 bits per heavy atom. The molecule has 2 atom stereocenters. The third-order valence-corrected chi connectivity index (χ3v) is 9.70. The number of allylic oxidation sites excluding steroid dienone is 4. The van der Waals surface area contributed by atoms with Crippen LogP contribution in [0.25, 0.3) is 0 Å². The first-order valence-electron chi connectivity index (χ1n) is 20.6. The zero-order valence-electron chi connectivity index (χ0n) is 33.4. The third kappa shape index (κ3) is 38.2. The van der Waals surface area contributed by atoms with Gasteiger partial charge in [-0.2, -0.15) is 0 Å². The van der Waals surface area contributed by atoms with Crippen LogP contribution in [0.3, 0.4) is 0 Å². The molecule has 296 valence electrons. The van der Waals surface area contributed by atoms with Gasteiger partial charge in [0.1, 0.15) is 19.3 Å². The van der Waals surface area contributed by atoms with Crippen LogP contribution >= 0.6 is 7.82 Å². The second kappa shape index (κ2) is 35.0. The highest BCUT2D eigenvalue weighted by Gasteiger charge is 2.26. The van der Waals surface area contributed by atoms with Crippen molar-refractivity contribution in [2.45, 2.75) is 180 Å². The predicted molar refractivity (Wildman–Crippen MR) is 210 cm³/mol. The van der Waals surface area contributed by atoms with Gasteiger partial charge in [-0.1, -0.05) is 134 Å². The van der Waals surface area contributed by atoms with E-state index in [9.17, 15) is 14.3 Å². The molecule has 1 N–H and O–H groups in total. The number of unbranched alkanes of at least 4 members (excludes halogenated alkanes) is 20. The van der Waals surface area contributed by atoms with Crippen molar-refractivity contribution >= 4 is 13.8 Å². The number of phosphoric ester groups is 1. The maximum atomic E-state index is 12.6. The summed E-state index contributed by atoms with van der Waals surface area (Å²) in [5.41, 5.74) is 0. The standard InChI is InChI=1S/C41H80NO7P/c1-6-8-10-12-14-16-18-19-20-21-22-23-24-26-28-30-32-34-41(43)49-40(39-48-50(44,45)47-37-35-42(3,4)5)38-46-36-33-31-29-27-25-17-15-13-11-9-7-2/h11,13,19-20,40H,6-10,12,14-18,21-39H2,1-5H3/p+1/b13-11-,20-19-. The summed E-state index contributed by atoms with van der Waals surface area (Å²) in [7, 11) is 1.66. The molecule has 0 rings (SSSR count). The average molecular weight is 731 g/mol. The van der Waals surface area contributed by atoms with Crippen molar-refractivity contribution in [3.8, 4) is 0 Å². The van der Waals surface area contributed by atoms with Crippen LogP contribution < -0.4 is 0 Å². The lowest BCUT2D eigenvalue weighted by Crippen LogP contribution is -2.37. The highest BCUT2D eigenvalue weighted by Crippen LogP contribution is 2.43. The number of esters is 1. The lowest BCUT2D eigenvalue weighted by atomic mass is 10.1. The van der Waals surface area contributed by atoms with E-state index in [0.717, 1.165) is 32.1 Å². The van der Waals surface area contributed by atoms with Crippen molar-refractivity contribution in [3.05, 3.63) is 24.3 Å². The van der Waals surface area contributed by atoms with Crippen molar-refractivity contribution in [1.29, 1.82) is 0 Å². The van der Waals surface area contributed by atoms with Gasteiger partial charge in [-0.25, -0.2) is 4.57 Å². The molecule has 0 aromatic rings. The molecule has 2 unspecified atom stereocenters. The average Bonchev–Trinajstić information content (AvgIpc) is 3.06. The SMILES string of the molecule is CCC/C=C\CCCCCCCCOCC(COP(=O)(O)OCC[N+](C)(C)C)OC(=O)CCCCCCCCC/C=C\CCCCCCCC. The molecule has 0 radical (unpaired) electrons. The Kier molecular flexibility index (Phi) is 34.3. The summed E-state index contributed by atoms with van der Waals surface area (Å²) in [6, 6.07) is 0. The number of nitrogens with zero attached hydrogens (tertiary/aromatic N) is 1. The van der Waals surface area contributed by atoms with Crippen molar-refractivity contribution in [3.63, 3.8) is 0 Å². The number of ether oxygens (including phenoxy) is 2. The van der Waals surface area contributed by atoms with Gasteiger partial charge < -0.3 is 18.9 Å². The van der Waals surface area contributed by atoms with Crippen LogP contribution in [0.1, 0.15) is 174 Å². The zero-order chi connectivity index (χ0) is 37.0. The Balaban J connectivity index is 4.24. The fourth-order valence-corrected chi connectivity index (χ4v) is 6.23. The highest BCUT2D eigenvalue weighted by molar-refractivity contribution is 7.47. The number of rotatable bonds is 38. The summed E-state index contributed by atoms with van der Waals surface area (Å²) >= 11 is 0. The molecule has 0 bridgehead atoms. The smallest absolute Gasteiger partial charge is 0.457 e. The van der Waals surface area contributed by atoms with Gasteiger partial charge >= 0.3 is 13.8 Å². The topological polar surface area (TPSA) is 91.3 Å². The molecule has 0 fully saturated rings. The first-order valence-corrected chi connectivity index (χ1v) is 22.1. The molecule has 0 aliphatic rings. The maximum absolute atomic E-state index is 12.6. The third-order valence-electron chi connectivity index (χ3n) is 8.72. The van der Waals surface area contributed by atoms with Crippen LogP contribution in [0.5, 0.6) is 0 Å². The van der Waals surface area contributed by atoms with Gasteiger partial charge in [0.15, 0.2) is 0 Å². The molecule has 0 aliphatic heterocycles. The van der Waals surface area contributed by atoms with E-state index in [-0.39, 0.29) is 25.8 Å². The number of hydrogen-bond acceptors (Lipinski definition) is 6. The number of carbonyl (C=O) groups is 1. The van der Waals surface area contributed by atoms with Crippen molar-refractivity contribution in [2.75, 3.05) is 54.1 Å². The van der Waals surface area contributed by atoms with Crippen LogP contribution in [0.2, 0.25) is 0 Å². The number of quaternary nitrogens is 1. The van der Waals surface area contributed by atoms with Crippen LogP contribution in [-0.4, -0.2) is 75.6 Å². The molecule has 0 amide bonds. The van der Waals surface area contributed by atoms with E-state index in [1.807, 2.05) is 21.1 Å². The van der Waals surface area contributed by atoms with Crippen LogP contribution in [0, 0.1) is 0 Å². The Hall–Kier alpha value is -1.02. The first kappa shape index (κ1) is 49.0. The summed E-state index contributed by atoms with van der Waals surface area (Å²) in [4.78, 5) is 22.8. The normalized spacial score (nSPS) is 14.1. The molecule has 9 heteroatoms. The van der Waals surface area contributed by atoms with E-state index in [0.29, 0.717) is 24.1 Å². The van der Waals surface area contributed by atoms with E-state index in [1.165, 1.54) is 122 Å². The molecular formula is C41H81NO7P+. The van der Waals surface area contributed by atoms with Crippen LogP contribution in [-0.2, 0) is 27.9 Å². The molecular weight excluding hydrogens is 649 g/mol. The molecule has 0 aliphatic carbocycles. The van der Waals surface area contributed by atoms with Crippen LogP contribution in [0.15, 0.2) is 24.3 Å². The lowest BCUT2D eigenvalue weighted by molar-refractivity contribution is -0.870. The van der Waals surface area contributed by atoms with Crippen molar-refractivity contribution in [2.24, 2.45) is 0 Å². The summed E-state index contributed by atoms with van der Waals surface area (Å²) in [5, 5.41) is 0. The molecule has 0 saturated heterocycles. The quantitative estimate of drug-likeness (QED) is 0.0222. The number of carbonyl (C=O) groups excluding carboxylic acids is 1. The van der Waals surface area contributed by atoms with E-state index >= 15 is 0 Å². The monoisotopic (exact) mass is 731 g/mol. The summed E-state index contributed by atoms with van der Waals surface area (Å²) in [6.45, 7) is 5.55. The van der Waals surface area contributed by atoms with Gasteiger partial charge in [0, 0.05) is 13.0 Å². The Morgan fingerprint density at radius 3 is 1.60 bits per heavy atom. The summed E-state index contributed by atoms with van der Waals surface area (Å²) in [5.74, 6) is -0.321. The van der Waals surface area contributed by atoms with Crippen molar-refractivity contribution < 1.29 is 37.3 Å². The Morgan fingerprint density at radius 1 is 0.600 bits per heavy atom. The molecule has 0 aromatic carbocycles. The number of likely N-dealkylation sites (N-methyl/N-ethyl adjacent to an activating group) is 1. The van der Waals surface area contributed by atoms with Gasteiger partial charge in [0.25, 0.3) is 0 Å². The van der Waals surface area contributed by atoms with E-state index < -0.39 is 13.9 Å². The van der Waals surface area contributed by atoms with Gasteiger partial charge in [-0.3, -0.25) is 13.8 Å². The summed E-state index contributed by atoms with van der Waals surface area (Å²) < 4.78 is 34.9. The Labute approximate surface area is 309 Å². The van der Waals surface area contributed by atoms with Gasteiger partial charge in [-0.05, 0) is 57.8 Å². The van der Waals surface area contributed by atoms with Crippen LogP contribution in [0.4, 0.5) is 0 Å². The van der Waals surface area contributed by atoms with E-state index in [1.54, 1.807) is 0 Å². The van der Waals surface area contributed by atoms with E-state index in [4.69, 9.17) is 18.5 Å². The predicted octanol–water partition coefficient (Wildman–Crippen LogP) is 11.7. The zero-order valence-corrected chi connectivity index (χ0v) is 34.3. The maximum Gasteiger partial charge on any atom is 0.472 e. The molecule has 50 heavy (non-hydrogen) atoms. The molecule has 0 saturated carbocycles.